The topological polar surface area (TPSA) is 72.7 Å². The van der Waals surface area contributed by atoms with E-state index in [4.69, 9.17) is 0 Å². The fraction of sp³-hybridized carbons (Fsp3) is 0.700. The lowest BCUT2D eigenvalue weighted by Crippen LogP contribution is -2.23. The van der Waals surface area contributed by atoms with Gasteiger partial charge in [-0.1, -0.05) is 19.4 Å². The molecule has 0 spiro atoms. The molecule has 6 heteroatoms. The molecule has 0 radical (unpaired) electrons. The molecule has 6 nitrogen and oxygen atoms in total. The molecule has 92 valence electrons. The minimum Gasteiger partial charge on any atom is -0.274 e. The summed E-state index contributed by atoms with van der Waals surface area (Å²) in [6, 6.07) is 0. The van der Waals surface area contributed by atoms with E-state index in [0.29, 0.717) is 6.42 Å². The van der Waals surface area contributed by atoms with Gasteiger partial charge in [0.05, 0.1) is 7.11 Å². The molecule has 0 aliphatic heterocycles. The van der Waals surface area contributed by atoms with Crippen molar-refractivity contribution in [2.24, 2.45) is 5.92 Å². The van der Waals surface area contributed by atoms with Crippen LogP contribution < -0.4 is 0 Å². The minimum atomic E-state index is -0.366. The van der Waals surface area contributed by atoms with Crippen molar-refractivity contribution in [2.45, 2.75) is 19.8 Å². The van der Waals surface area contributed by atoms with Crippen molar-refractivity contribution in [2.75, 3.05) is 20.7 Å². The van der Waals surface area contributed by atoms with E-state index in [1.165, 1.54) is 20.2 Å². The average Bonchev–Trinajstić information content (AvgIpc) is 2.23. The number of carbonyl (C=O) groups is 1. The zero-order valence-corrected chi connectivity index (χ0v) is 9.88. The first-order valence-electron chi connectivity index (χ1n) is 5.13. The van der Waals surface area contributed by atoms with Gasteiger partial charge in [0.1, 0.15) is 0 Å². The molecule has 0 rings (SSSR count). The van der Waals surface area contributed by atoms with Crippen LogP contribution in [-0.4, -0.2) is 36.6 Å². The Balaban J connectivity index is 4.31. The van der Waals surface area contributed by atoms with Gasteiger partial charge in [-0.3, -0.25) is 19.7 Å². The smallest absolute Gasteiger partial charge is 0.269 e. The molecule has 0 fully saturated rings. The standard InChI is InChI=1S/C10H18N2O4/c1-4-5-9(8-12(14)15)6-7-10(13)11(2)16-3/h6-7,9H,4-5,8H2,1-3H3/b7-6+/t9-/m0/s1. The van der Waals surface area contributed by atoms with Crippen molar-refractivity contribution in [1.29, 1.82) is 0 Å². The molecular weight excluding hydrogens is 212 g/mol. The summed E-state index contributed by atoms with van der Waals surface area (Å²) in [7, 11) is 2.86. The summed E-state index contributed by atoms with van der Waals surface area (Å²) in [5.41, 5.74) is 0. The van der Waals surface area contributed by atoms with Crippen LogP contribution in [0.1, 0.15) is 19.8 Å². The van der Waals surface area contributed by atoms with Crippen LogP contribution in [0.25, 0.3) is 0 Å². The number of hydrogen-bond donors (Lipinski definition) is 0. The first kappa shape index (κ1) is 14.6. The highest BCUT2D eigenvalue weighted by atomic mass is 16.7. The van der Waals surface area contributed by atoms with E-state index in [0.717, 1.165) is 11.5 Å². The second-order valence-corrected chi connectivity index (χ2v) is 3.44. The summed E-state index contributed by atoms with van der Waals surface area (Å²) in [6.07, 6.45) is 4.43. The third kappa shape index (κ3) is 6.13. The lowest BCUT2D eigenvalue weighted by Gasteiger charge is -2.11. The second kappa shape index (κ2) is 7.81. The molecule has 16 heavy (non-hydrogen) atoms. The third-order valence-electron chi connectivity index (χ3n) is 2.14. The van der Waals surface area contributed by atoms with Crippen LogP contribution in [0.15, 0.2) is 12.2 Å². The highest BCUT2D eigenvalue weighted by molar-refractivity contribution is 5.86. The summed E-state index contributed by atoms with van der Waals surface area (Å²) in [5, 5.41) is 11.4. The molecule has 0 aliphatic carbocycles. The lowest BCUT2D eigenvalue weighted by atomic mass is 10.0. The van der Waals surface area contributed by atoms with Gasteiger partial charge in [0.25, 0.3) is 5.91 Å². The van der Waals surface area contributed by atoms with E-state index in [9.17, 15) is 14.9 Å². The highest BCUT2D eigenvalue weighted by Gasteiger charge is 2.12. The van der Waals surface area contributed by atoms with Crippen molar-refractivity contribution >= 4 is 5.91 Å². The largest absolute Gasteiger partial charge is 0.274 e. The number of carbonyl (C=O) groups excluding carboxylic acids is 1. The van der Waals surface area contributed by atoms with E-state index in [1.807, 2.05) is 6.92 Å². The van der Waals surface area contributed by atoms with Crippen molar-refractivity contribution in [3.05, 3.63) is 22.3 Å². The van der Waals surface area contributed by atoms with Gasteiger partial charge in [0.2, 0.25) is 6.54 Å². The zero-order chi connectivity index (χ0) is 12.6. The third-order valence-corrected chi connectivity index (χ3v) is 2.14. The number of nitrogens with zero attached hydrogens (tertiary/aromatic N) is 2. The summed E-state index contributed by atoms with van der Waals surface area (Å²) in [5.74, 6) is -0.527. The Morgan fingerprint density at radius 2 is 2.25 bits per heavy atom. The molecular formula is C10H18N2O4. The Morgan fingerprint density at radius 3 is 2.69 bits per heavy atom. The van der Waals surface area contributed by atoms with Crippen LogP contribution >= 0.6 is 0 Å². The molecule has 0 aromatic heterocycles. The molecule has 0 bridgehead atoms. The van der Waals surface area contributed by atoms with Crippen molar-refractivity contribution in [3.8, 4) is 0 Å². The fourth-order valence-electron chi connectivity index (χ4n) is 1.22. The number of nitro groups is 1. The number of amides is 1. The van der Waals surface area contributed by atoms with Gasteiger partial charge in [-0.15, -0.1) is 0 Å². The Bertz CT molecular complexity index is 266. The summed E-state index contributed by atoms with van der Waals surface area (Å²) < 4.78 is 0. The maximum Gasteiger partial charge on any atom is 0.269 e. The van der Waals surface area contributed by atoms with Crippen LogP contribution in [0.3, 0.4) is 0 Å². The molecule has 0 saturated heterocycles. The van der Waals surface area contributed by atoms with Crippen molar-refractivity contribution in [3.63, 3.8) is 0 Å². The molecule has 0 heterocycles. The Hall–Kier alpha value is -1.43. The summed E-state index contributed by atoms with van der Waals surface area (Å²) in [4.78, 5) is 26.0. The van der Waals surface area contributed by atoms with Gasteiger partial charge >= 0.3 is 0 Å². The molecule has 0 aromatic carbocycles. The van der Waals surface area contributed by atoms with Crippen LogP contribution in [0.5, 0.6) is 0 Å². The van der Waals surface area contributed by atoms with Gasteiger partial charge in [-0.05, 0) is 6.42 Å². The van der Waals surface area contributed by atoms with Crippen LogP contribution in [0, 0.1) is 16.0 Å². The molecule has 1 amide bonds. The predicted molar refractivity (Wildman–Crippen MR) is 59.2 cm³/mol. The van der Waals surface area contributed by atoms with Gasteiger partial charge < -0.3 is 0 Å². The SMILES string of the molecule is CCC[C@@H](/C=C/C(=O)N(C)OC)C[N+](=O)[O-]. The molecule has 0 N–H and O–H groups in total. The van der Waals surface area contributed by atoms with Gasteiger partial charge in [0.15, 0.2) is 0 Å². The Kier molecular flexibility index (Phi) is 7.11. The minimum absolute atomic E-state index is 0.145. The molecule has 1 atom stereocenters. The average molecular weight is 230 g/mol. The van der Waals surface area contributed by atoms with E-state index in [1.54, 1.807) is 6.08 Å². The maximum absolute atomic E-state index is 11.3. The van der Waals surface area contributed by atoms with Crippen molar-refractivity contribution < 1.29 is 14.6 Å². The zero-order valence-electron chi connectivity index (χ0n) is 9.88. The fourth-order valence-corrected chi connectivity index (χ4v) is 1.22. The number of likely N-dealkylation sites (N-methyl/N-ethyl adjacent to an activating group) is 1. The highest BCUT2D eigenvalue weighted by Crippen LogP contribution is 2.08. The van der Waals surface area contributed by atoms with E-state index in [-0.39, 0.29) is 23.3 Å². The van der Waals surface area contributed by atoms with Crippen LogP contribution in [-0.2, 0) is 9.63 Å². The van der Waals surface area contributed by atoms with Gasteiger partial charge in [-0.2, -0.15) is 0 Å². The van der Waals surface area contributed by atoms with E-state index >= 15 is 0 Å². The van der Waals surface area contributed by atoms with Crippen LogP contribution in [0.4, 0.5) is 0 Å². The van der Waals surface area contributed by atoms with E-state index < -0.39 is 0 Å². The molecule has 0 saturated carbocycles. The monoisotopic (exact) mass is 230 g/mol. The number of hydroxylamine groups is 2. The number of hydrogen-bond acceptors (Lipinski definition) is 4. The normalized spacial score (nSPS) is 12.7. The lowest BCUT2D eigenvalue weighted by molar-refractivity contribution is -0.486. The molecule has 0 unspecified atom stereocenters. The Labute approximate surface area is 95.0 Å². The second-order valence-electron chi connectivity index (χ2n) is 3.44. The van der Waals surface area contributed by atoms with E-state index in [2.05, 4.69) is 4.84 Å². The molecule has 0 aliphatic rings. The quantitative estimate of drug-likeness (QED) is 0.375. The van der Waals surface area contributed by atoms with Crippen LogP contribution in [0.2, 0.25) is 0 Å². The number of rotatable bonds is 7. The Morgan fingerprint density at radius 1 is 1.62 bits per heavy atom. The maximum atomic E-state index is 11.3. The molecule has 0 aromatic rings. The summed E-state index contributed by atoms with van der Waals surface area (Å²) >= 11 is 0. The van der Waals surface area contributed by atoms with Crippen molar-refractivity contribution in [1.82, 2.24) is 5.06 Å². The summed E-state index contributed by atoms with van der Waals surface area (Å²) in [6.45, 7) is 1.80. The van der Waals surface area contributed by atoms with Gasteiger partial charge in [0, 0.05) is 24.0 Å². The first-order valence-corrected chi connectivity index (χ1v) is 5.13. The first-order chi connectivity index (χ1) is 7.51. The van der Waals surface area contributed by atoms with Gasteiger partial charge in [-0.25, -0.2) is 5.06 Å². The predicted octanol–water partition coefficient (Wildman–Crippen LogP) is 1.26.